The van der Waals surface area contributed by atoms with Crippen LogP contribution >= 0.6 is 0 Å². The quantitative estimate of drug-likeness (QED) is 0.716. The first-order valence-electron chi connectivity index (χ1n) is 7.91. The smallest absolute Gasteiger partial charge is 0.263 e. The van der Waals surface area contributed by atoms with E-state index in [-0.39, 0.29) is 12.5 Å². The van der Waals surface area contributed by atoms with Crippen molar-refractivity contribution in [2.75, 3.05) is 11.9 Å². The van der Waals surface area contributed by atoms with Gasteiger partial charge in [-0.15, -0.1) is 0 Å². The van der Waals surface area contributed by atoms with Crippen LogP contribution in [0.5, 0.6) is 11.5 Å². The van der Waals surface area contributed by atoms with Gasteiger partial charge in [0, 0.05) is 6.20 Å². The molecule has 0 bridgehead atoms. The zero-order chi connectivity index (χ0) is 17.3. The van der Waals surface area contributed by atoms with Crippen molar-refractivity contribution < 1.29 is 14.3 Å². The van der Waals surface area contributed by atoms with E-state index in [1.165, 1.54) is 0 Å². The Labute approximate surface area is 146 Å². The second kappa shape index (κ2) is 8.49. The van der Waals surface area contributed by atoms with Gasteiger partial charge in [0.1, 0.15) is 12.4 Å². The molecule has 3 aromatic rings. The van der Waals surface area contributed by atoms with Crippen molar-refractivity contribution in [3.63, 3.8) is 0 Å². The van der Waals surface area contributed by atoms with Crippen molar-refractivity contribution in [2.45, 2.75) is 6.61 Å². The van der Waals surface area contributed by atoms with Crippen LogP contribution in [-0.4, -0.2) is 17.5 Å². The van der Waals surface area contributed by atoms with Gasteiger partial charge in [0.15, 0.2) is 18.1 Å². The Balaban J connectivity index is 1.56. The molecule has 0 aliphatic heterocycles. The van der Waals surface area contributed by atoms with Gasteiger partial charge in [-0.25, -0.2) is 4.98 Å². The van der Waals surface area contributed by atoms with Crippen LogP contribution in [0.25, 0.3) is 0 Å². The number of anilines is 1. The molecular weight excluding hydrogens is 316 g/mol. The Morgan fingerprint density at radius 1 is 0.840 bits per heavy atom. The number of carbonyl (C=O) groups excluding carboxylic acids is 1. The Morgan fingerprint density at radius 2 is 1.52 bits per heavy atom. The molecule has 0 unspecified atom stereocenters. The topological polar surface area (TPSA) is 60.5 Å². The summed E-state index contributed by atoms with van der Waals surface area (Å²) in [5, 5.41) is 2.67. The lowest BCUT2D eigenvalue weighted by Gasteiger charge is -2.12. The van der Waals surface area contributed by atoms with Gasteiger partial charge in [-0.1, -0.05) is 48.5 Å². The Kier molecular flexibility index (Phi) is 5.61. The predicted molar refractivity (Wildman–Crippen MR) is 95.6 cm³/mol. The van der Waals surface area contributed by atoms with Gasteiger partial charge in [-0.2, -0.15) is 0 Å². The molecule has 2 aromatic carbocycles. The fraction of sp³-hybridized carbons (Fsp3) is 0.100. The Hall–Kier alpha value is -3.34. The third kappa shape index (κ3) is 5.07. The molecule has 1 amide bonds. The maximum absolute atomic E-state index is 12.0. The second-order valence-corrected chi connectivity index (χ2v) is 5.27. The maximum atomic E-state index is 12.0. The van der Waals surface area contributed by atoms with Crippen molar-refractivity contribution >= 4 is 11.7 Å². The van der Waals surface area contributed by atoms with Crippen LogP contribution in [-0.2, 0) is 11.4 Å². The van der Waals surface area contributed by atoms with E-state index in [9.17, 15) is 4.79 Å². The van der Waals surface area contributed by atoms with Gasteiger partial charge >= 0.3 is 0 Å². The second-order valence-electron chi connectivity index (χ2n) is 5.27. The number of amides is 1. The fourth-order valence-corrected chi connectivity index (χ4v) is 2.18. The molecule has 25 heavy (non-hydrogen) atoms. The average Bonchev–Trinajstić information content (AvgIpc) is 2.67. The summed E-state index contributed by atoms with van der Waals surface area (Å²) in [4.78, 5) is 16.0. The van der Waals surface area contributed by atoms with Gasteiger partial charge in [0.2, 0.25) is 0 Å². The summed E-state index contributed by atoms with van der Waals surface area (Å²) < 4.78 is 11.4. The lowest BCUT2D eigenvalue weighted by Crippen LogP contribution is -2.20. The van der Waals surface area contributed by atoms with Crippen LogP contribution in [0.2, 0.25) is 0 Å². The van der Waals surface area contributed by atoms with Crippen LogP contribution in [0.4, 0.5) is 5.82 Å². The van der Waals surface area contributed by atoms with E-state index in [0.29, 0.717) is 23.9 Å². The standard InChI is InChI=1S/C20H18N2O3/c23-20(22-19-12-6-7-13-21-19)15-25-18-11-5-4-10-17(18)24-14-16-8-2-1-3-9-16/h1-13H,14-15H2,(H,21,22,23). The minimum Gasteiger partial charge on any atom is -0.485 e. The fourth-order valence-electron chi connectivity index (χ4n) is 2.18. The highest BCUT2D eigenvalue weighted by Gasteiger charge is 2.08. The molecule has 3 rings (SSSR count). The van der Waals surface area contributed by atoms with Gasteiger partial charge in [-0.3, -0.25) is 4.79 Å². The van der Waals surface area contributed by atoms with Gasteiger partial charge in [-0.05, 0) is 29.8 Å². The molecule has 5 heteroatoms. The van der Waals surface area contributed by atoms with E-state index < -0.39 is 0 Å². The molecule has 0 saturated heterocycles. The number of para-hydroxylation sites is 2. The van der Waals surface area contributed by atoms with Crippen LogP contribution in [0, 0.1) is 0 Å². The number of ether oxygens (including phenoxy) is 2. The summed E-state index contributed by atoms with van der Waals surface area (Å²) in [5.41, 5.74) is 1.06. The first-order chi connectivity index (χ1) is 12.3. The first-order valence-corrected chi connectivity index (χ1v) is 7.91. The number of rotatable bonds is 7. The molecule has 0 fully saturated rings. The highest BCUT2D eigenvalue weighted by atomic mass is 16.5. The normalized spacial score (nSPS) is 10.1. The molecule has 5 nitrogen and oxygen atoms in total. The van der Waals surface area contributed by atoms with Crippen molar-refractivity contribution in [3.05, 3.63) is 84.6 Å². The SMILES string of the molecule is O=C(COc1ccccc1OCc1ccccc1)Nc1ccccn1. The molecule has 0 aliphatic carbocycles. The molecule has 1 aromatic heterocycles. The zero-order valence-corrected chi connectivity index (χ0v) is 13.6. The average molecular weight is 334 g/mol. The van der Waals surface area contributed by atoms with E-state index in [1.54, 1.807) is 30.5 Å². The number of benzene rings is 2. The molecule has 0 radical (unpaired) electrons. The van der Waals surface area contributed by atoms with Gasteiger partial charge in [0.05, 0.1) is 0 Å². The minimum absolute atomic E-state index is 0.123. The molecule has 1 heterocycles. The Morgan fingerprint density at radius 3 is 2.24 bits per heavy atom. The van der Waals surface area contributed by atoms with Crippen molar-refractivity contribution in [1.29, 1.82) is 0 Å². The third-order valence-corrected chi connectivity index (χ3v) is 3.38. The van der Waals surface area contributed by atoms with Crippen LogP contribution in [0.3, 0.4) is 0 Å². The molecule has 0 spiro atoms. The summed E-state index contributed by atoms with van der Waals surface area (Å²) in [5.74, 6) is 1.33. The van der Waals surface area contributed by atoms with Crippen molar-refractivity contribution in [3.8, 4) is 11.5 Å². The molecule has 126 valence electrons. The number of nitrogens with zero attached hydrogens (tertiary/aromatic N) is 1. The summed E-state index contributed by atoms with van der Waals surface area (Å²) in [7, 11) is 0. The summed E-state index contributed by atoms with van der Waals surface area (Å²) in [6.07, 6.45) is 1.61. The largest absolute Gasteiger partial charge is 0.485 e. The summed E-state index contributed by atoms with van der Waals surface area (Å²) in [6, 6.07) is 22.4. The van der Waals surface area contributed by atoms with E-state index in [2.05, 4.69) is 10.3 Å². The summed E-state index contributed by atoms with van der Waals surface area (Å²) >= 11 is 0. The monoisotopic (exact) mass is 334 g/mol. The number of carbonyl (C=O) groups is 1. The van der Waals surface area contributed by atoms with Crippen LogP contribution < -0.4 is 14.8 Å². The minimum atomic E-state index is -0.281. The summed E-state index contributed by atoms with van der Waals surface area (Å²) in [6.45, 7) is 0.309. The van der Waals surface area contributed by atoms with Crippen molar-refractivity contribution in [1.82, 2.24) is 4.98 Å². The maximum Gasteiger partial charge on any atom is 0.263 e. The lowest BCUT2D eigenvalue weighted by molar-refractivity contribution is -0.118. The Bertz CT molecular complexity index is 807. The predicted octanol–water partition coefficient (Wildman–Crippen LogP) is 3.68. The van der Waals surface area contributed by atoms with Crippen LogP contribution in [0.1, 0.15) is 5.56 Å². The molecule has 1 N–H and O–H groups in total. The van der Waals surface area contributed by atoms with E-state index in [0.717, 1.165) is 5.56 Å². The zero-order valence-electron chi connectivity index (χ0n) is 13.6. The first kappa shape index (κ1) is 16.5. The van der Waals surface area contributed by atoms with E-state index in [4.69, 9.17) is 9.47 Å². The number of pyridine rings is 1. The molecule has 0 atom stereocenters. The highest BCUT2D eigenvalue weighted by Crippen LogP contribution is 2.27. The number of hydrogen-bond acceptors (Lipinski definition) is 4. The van der Waals surface area contributed by atoms with Gasteiger partial charge in [0.25, 0.3) is 5.91 Å². The molecule has 0 saturated carbocycles. The van der Waals surface area contributed by atoms with E-state index >= 15 is 0 Å². The van der Waals surface area contributed by atoms with Crippen LogP contribution in [0.15, 0.2) is 79.0 Å². The lowest BCUT2D eigenvalue weighted by atomic mass is 10.2. The number of nitrogens with one attached hydrogen (secondary N) is 1. The number of aromatic nitrogens is 1. The van der Waals surface area contributed by atoms with E-state index in [1.807, 2.05) is 48.5 Å². The molecule has 0 aliphatic rings. The van der Waals surface area contributed by atoms with Gasteiger partial charge < -0.3 is 14.8 Å². The highest BCUT2D eigenvalue weighted by molar-refractivity contribution is 5.90. The molecular formula is C20H18N2O3. The third-order valence-electron chi connectivity index (χ3n) is 3.38. The number of hydrogen-bond donors (Lipinski definition) is 1. The van der Waals surface area contributed by atoms with Crippen molar-refractivity contribution in [2.24, 2.45) is 0 Å².